The zero-order chi connectivity index (χ0) is 13.2. The van der Waals surface area contributed by atoms with E-state index < -0.39 is 0 Å². The quantitative estimate of drug-likeness (QED) is 0.862. The number of ether oxygens (including phenoxy) is 1. The van der Waals surface area contributed by atoms with E-state index in [-0.39, 0.29) is 11.7 Å². The number of hydrogen-bond acceptors (Lipinski definition) is 5. The largest absolute Gasteiger partial charge is 0.497 e. The topological polar surface area (TPSA) is 84.0 Å². The van der Waals surface area contributed by atoms with E-state index in [4.69, 9.17) is 4.74 Å². The van der Waals surface area contributed by atoms with Gasteiger partial charge in [0.2, 0.25) is 0 Å². The van der Waals surface area contributed by atoms with E-state index in [0.29, 0.717) is 6.54 Å². The Balaban J connectivity index is 1.96. The fourth-order valence-corrected chi connectivity index (χ4v) is 2.28. The van der Waals surface area contributed by atoms with Crippen molar-refractivity contribution < 1.29 is 9.53 Å². The molecule has 2 heterocycles. The maximum Gasteiger partial charge on any atom is 0.299 e. The summed E-state index contributed by atoms with van der Waals surface area (Å²) in [5.74, 6) is 0.649. The molecule has 7 nitrogen and oxygen atoms in total. The van der Waals surface area contributed by atoms with Crippen LogP contribution in [0, 0.1) is 0 Å². The van der Waals surface area contributed by atoms with E-state index in [9.17, 15) is 4.79 Å². The average Bonchev–Trinajstić information content (AvgIpc) is 2.99. The van der Waals surface area contributed by atoms with E-state index in [1.165, 1.54) is 0 Å². The molecule has 1 N–H and O–H groups in total. The molecule has 3 rings (SSSR count). The molecular formula is C12H13N5O2. The van der Waals surface area contributed by atoms with Gasteiger partial charge in [0.25, 0.3) is 11.7 Å². The number of hydrogen-bond donors (Lipinski definition) is 1. The number of aryl methyl sites for hydroxylation is 1. The highest BCUT2D eigenvalue weighted by Crippen LogP contribution is 2.31. The summed E-state index contributed by atoms with van der Waals surface area (Å²) >= 11 is 0. The fraction of sp³-hybridized carbons (Fsp3) is 0.333. The van der Waals surface area contributed by atoms with Crippen molar-refractivity contribution in [1.82, 2.24) is 20.6 Å². The first-order valence-corrected chi connectivity index (χ1v) is 6.02. The number of aromatic nitrogens is 4. The number of fused-ring (bicyclic) bond motifs is 1. The fourth-order valence-electron chi connectivity index (χ4n) is 2.28. The Morgan fingerprint density at radius 1 is 1.47 bits per heavy atom. The number of benzene rings is 1. The summed E-state index contributed by atoms with van der Waals surface area (Å²) < 4.78 is 5.21. The van der Waals surface area contributed by atoms with Crippen molar-refractivity contribution in [2.24, 2.45) is 0 Å². The summed E-state index contributed by atoms with van der Waals surface area (Å²) in [5, 5.41) is 13.2. The lowest BCUT2D eigenvalue weighted by atomic mass is 10.0. The summed E-state index contributed by atoms with van der Waals surface area (Å²) in [6, 6.07) is 5.71. The van der Waals surface area contributed by atoms with Gasteiger partial charge in [-0.2, -0.15) is 5.21 Å². The highest BCUT2D eigenvalue weighted by atomic mass is 16.5. The number of nitrogens with zero attached hydrogens (tertiary/aromatic N) is 4. The maximum absolute atomic E-state index is 12.3. The van der Waals surface area contributed by atoms with Gasteiger partial charge in [-0.05, 0) is 41.8 Å². The second-order valence-corrected chi connectivity index (χ2v) is 4.29. The summed E-state index contributed by atoms with van der Waals surface area (Å²) in [5.41, 5.74) is 1.99. The molecule has 0 bridgehead atoms. The predicted molar refractivity (Wildman–Crippen MR) is 67.2 cm³/mol. The summed E-state index contributed by atoms with van der Waals surface area (Å²) in [4.78, 5) is 14.0. The molecular weight excluding hydrogens is 246 g/mol. The lowest BCUT2D eigenvalue weighted by Crippen LogP contribution is -2.36. The van der Waals surface area contributed by atoms with Gasteiger partial charge in [-0.25, -0.2) is 0 Å². The standard InChI is InChI=1S/C12H13N5O2/c1-19-9-4-5-10-8(7-9)3-2-6-17(10)12(18)11-13-15-16-14-11/h4-5,7H,2-3,6H2,1H3,(H,13,14,15,16). The number of methoxy groups -OCH3 is 1. The summed E-state index contributed by atoms with van der Waals surface area (Å²) in [6.07, 6.45) is 1.84. The van der Waals surface area contributed by atoms with E-state index in [1.54, 1.807) is 12.0 Å². The Morgan fingerprint density at radius 2 is 2.37 bits per heavy atom. The monoisotopic (exact) mass is 259 g/mol. The van der Waals surface area contributed by atoms with Gasteiger partial charge in [0, 0.05) is 12.2 Å². The van der Waals surface area contributed by atoms with Gasteiger partial charge in [0.05, 0.1) is 7.11 Å². The number of nitrogens with one attached hydrogen (secondary N) is 1. The Morgan fingerprint density at radius 3 is 3.11 bits per heavy atom. The van der Waals surface area contributed by atoms with Crippen molar-refractivity contribution in [3.8, 4) is 5.75 Å². The van der Waals surface area contributed by atoms with Crippen molar-refractivity contribution in [2.75, 3.05) is 18.6 Å². The molecule has 0 radical (unpaired) electrons. The van der Waals surface area contributed by atoms with Crippen molar-refractivity contribution in [3.05, 3.63) is 29.6 Å². The Hall–Kier alpha value is -2.44. The van der Waals surface area contributed by atoms with Crippen LogP contribution in [0.5, 0.6) is 5.75 Å². The molecule has 0 fully saturated rings. The third-order valence-electron chi connectivity index (χ3n) is 3.19. The minimum absolute atomic E-state index is 0.0867. The molecule has 0 atom stereocenters. The van der Waals surface area contributed by atoms with Gasteiger partial charge < -0.3 is 9.64 Å². The van der Waals surface area contributed by atoms with Gasteiger partial charge in [0.15, 0.2) is 0 Å². The molecule has 1 amide bonds. The minimum Gasteiger partial charge on any atom is -0.497 e. The van der Waals surface area contributed by atoms with Crippen LogP contribution in [0.3, 0.4) is 0 Å². The van der Waals surface area contributed by atoms with Crippen molar-refractivity contribution >= 4 is 11.6 Å². The molecule has 0 spiro atoms. The van der Waals surface area contributed by atoms with Crippen molar-refractivity contribution in [2.45, 2.75) is 12.8 Å². The average molecular weight is 259 g/mol. The number of anilines is 1. The molecule has 1 aromatic carbocycles. The predicted octanol–water partition coefficient (Wildman–Crippen LogP) is 0.801. The van der Waals surface area contributed by atoms with Crippen molar-refractivity contribution in [1.29, 1.82) is 0 Å². The van der Waals surface area contributed by atoms with Crippen LogP contribution in [0.2, 0.25) is 0 Å². The van der Waals surface area contributed by atoms with Gasteiger partial charge in [-0.15, -0.1) is 10.2 Å². The van der Waals surface area contributed by atoms with Gasteiger partial charge in [-0.3, -0.25) is 4.79 Å². The lowest BCUT2D eigenvalue weighted by molar-refractivity contribution is 0.0975. The zero-order valence-electron chi connectivity index (χ0n) is 10.5. The van der Waals surface area contributed by atoms with Gasteiger partial charge in [-0.1, -0.05) is 0 Å². The molecule has 1 aliphatic rings. The molecule has 0 saturated carbocycles. The molecule has 0 saturated heterocycles. The third kappa shape index (κ3) is 2.03. The third-order valence-corrected chi connectivity index (χ3v) is 3.19. The normalized spacial score (nSPS) is 14.1. The number of tetrazole rings is 1. The number of carbonyl (C=O) groups excluding carboxylic acids is 1. The van der Waals surface area contributed by atoms with Gasteiger partial charge >= 0.3 is 0 Å². The van der Waals surface area contributed by atoms with Crippen LogP contribution in [0.1, 0.15) is 22.6 Å². The van der Waals surface area contributed by atoms with E-state index >= 15 is 0 Å². The molecule has 0 aliphatic carbocycles. The first-order valence-electron chi connectivity index (χ1n) is 6.02. The van der Waals surface area contributed by atoms with Crippen molar-refractivity contribution in [3.63, 3.8) is 0 Å². The smallest absolute Gasteiger partial charge is 0.299 e. The number of amides is 1. The number of H-pyrrole nitrogens is 1. The number of aromatic amines is 1. The molecule has 1 aromatic heterocycles. The Labute approximate surface area is 109 Å². The van der Waals surface area contributed by atoms with Gasteiger partial charge in [0.1, 0.15) is 5.75 Å². The van der Waals surface area contributed by atoms with Crippen LogP contribution < -0.4 is 9.64 Å². The molecule has 7 heteroatoms. The van der Waals surface area contributed by atoms with Crippen LogP contribution in [-0.2, 0) is 6.42 Å². The number of rotatable bonds is 2. The van der Waals surface area contributed by atoms with E-state index in [2.05, 4.69) is 20.6 Å². The second-order valence-electron chi connectivity index (χ2n) is 4.29. The Bertz CT molecular complexity index is 596. The number of carbonyl (C=O) groups is 1. The second kappa shape index (κ2) is 4.68. The van der Waals surface area contributed by atoms with Crippen LogP contribution in [-0.4, -0.2) is 40.2 Å². The lowest BCUT2D eigenvalue weighted by Gasteiger charge is -2.28. The first kappa shape index (κ1) is 11.6. The molecule has 2 aromatic rings. The molecule has 19 heavy (non-hydrogen) atoms. The Kier molecular flexibility index (Phi) is 2.86. The zero-order valence-corrected chi connectivity index (χ0v) is 10.5. The molecule has 1 aliphatic heterocycles. The minimum atomic E-state index is -0.236. The van der Waals surface area contributed by atoms with Crippen LogP contribution in [0.25, 0.3) is 0 Å². The van der Waals surface area contributed by atoms with E-state index in [1.807, 2.05) is 18.2 Å². The van der Waals surface area contributed by atoms with Crippen LogP contribution >= 0.6 is 0 Å². The SMILES string of the molecule is COc1ccc2c(c1)CCCN2C(=O)c1nn[nH]n1. The molecule has 98 valence electrons. The highest BCUT2D eigenvalue weighted by Gasteiger charge is 2.26. The summed E-state index contributed by atoms with van der Waals surface area (Å²) in [6.45, 7) is 0.659. The highest BCUT2D eigenvalue weighted by molar-refractivity contribution is 6.04. The first-order chi connectivity index (χ1) is 9.29. The van der Waals surface area contributed by atoms with Crippen LogP contribution in [0.15, 0.2) is 18.2 Å². The van der Waals surface area contributed by atoms with E-state index in [0.717, 1.165) is 29.8 Å². The summed E-state index contributed by atoms with van der Waals surface area (Å²) in [7, 11) is 1.63. The van der Waals surface area contributed by atoms with Crippen LogP contribution in [0.4, 0.5) is 5.69 Å². The maximum atomic E-state index is 12.3. The molecule has 0 unspecified atom stereocenters.